The topological polar surface area (TPSA) is 51.2 Å². The van der Waals surface area contributed by atoms with Crippen LogP contribution in [0.1, 0.15) is 40.4 Å². The summed E-state index contributed by atoms with van der Waals surface area (Å²) < 4.78 is 46.6. The molecule has 6 rings (SSSR count). The third kappa shape index (κ3) is 4.41. The van der Waals surface area contributed by atoms with Crippen molar-refractivity contribution in [2.45, 2.75) is 36.3 Å². The lowest BCUT2D eigenvalue weighted by Gasteiger charge is -2.42. The van der Waals surface area contributed by atoms with Gasteiger partial charge in [0.1, 0.15) is 17.7 Å². The van der Waals surface area contributed by atoms with E-state index in [2.05, 4.69) is 0 Å². The van der Waals surface area contributed by atoms with Gasteiger partial charge in [0, 0.05) is 21.2 Å². The summed E-state index contributed by atoms with van der Waals surface area (Å²) in [5, 5.41) is 12.3. The van der Waals surface area contributed by atoms with Gasteiger partial charge in [-0.2, -0.15) is 0 Å². The molecule has 0 bridgehead atoms. The number of epoxide rings is 1. The molecule has 2 aliphatic heterocycles. The number of benzene rings is 4. The Kier molecular flexibility index (Phi) is 6.72. The van der Waals surface area contributed by atoms with Crippen LogP contribution in [0.4, 0.5) is 8.78 Å². The molecular formula is C30H22Cl2F2O4. The highest BCUT2D eigenvalue weighted by Crippen LogP contribution is 2.63. The fourth-order valence-corrected chi connectivity index (χ4v) is 5.68. The predicted molar refractivity (Wildman–Crippen MR) is 139 cm³/mol. The lowest BCUT2D eigenvalue weighted by molar-refractivity contribution is -0.326. The van der Waals surface area contributed by atoms with E-state index in [4.69, 9.17) is 37.4 Å². The van der Waals surface area contributed by atoms with Crippen LogP contribution in [0.2, 0.25) is 10.0 Å². The van der Waals surface area contributed by atoms with Gasteiger partial charge in [0.15, 0.2) is 18.2 Å². The van der Waals surface area contributed by atoms with E-state index >= 15 is 0 Å². The van der Waals surface area contributed by atoms with Crippen LogP contribution in [-0.4, -0.2) is 17.7 Å². The molecule has 2 fully saturated rings. The van der Waals surface area contributed by atoms with Gasteiger partial charge in [0.05, 0.1) is 12.0 Å². The third-order valence-corrected chi connectivity index (χ3v) is 7.80. The number of aliphatic hydroxyl groups is 1. The lowest BCUT2D eigenvalue weighted by atomic mass is 9.85. The van der Waals surface area contributed by atoms with Gasteiger partial charge in [0.25, 0.3) is 0 Å². The van der Waals surface area contributed by atoms with E-state index in [-0.39, 0.29) is 0 Å². The zero-order valence-corrected chi connectivity index (χ0v) is 21.3. The molecule has 0 amide bonds. The summed E-state index contributed by atoms with van der Waals surface area (Å²) in [6.07, 6.45) is -3.86. The van der Waals surface area contributed by atoms with E-state index in [0.717, 1.165) is 0 Å². The summed E-state index contributed by atoms with van der Waals surface area (Å²) in [7, 11) is 0. The first-order chi connectivity index (χ1) is 18.4. The molecule has 0 radical (unpaired) electrons. The molecule has 0 saturated carbocycles. The average Bonchev–Trinajstić information content (AvgIpc) is 3.66. The van der Waals surface area contributed by atoms with Crippen molar-refractivity contribution in [1.82, 2.24) is 0 Å². The Hall–Kier alpha value is -2.84. The first kappa shape index (κ1) is 25.4. The minimum Gasteiger partial charge on any atom is -0.367 e. The lowest BCUT2D eigenvalue weighted by Crippen LogP contribution is -2.46. The zero-order chi connectivity index (χ0) is 26.4. The Morgan fingerprint density at radius 1 is 0.684 bits per heavy atom. The Morgan fingerprint density at radius 3 is 1.84 bits per heavy atom. The maximum atomic E-state index is 13.9. The standard InChI is InChI=1S/C30H22Cl2F2O4/c31-23-7-3-1-5-21(23)26-25(17-9-13-19(33)14-10-17)28(35)37-29(36-26)30(18-11-15-20(34)16-12-18)27(38-30)22-6-2-4-8-24(22)32/h1-16,25-29,35H. The van der Waals surface area contributed by atoms with Crippen molar-refractivity contribution in [2.24, 2.45) is 0 Å². The highest BCUT2D eigenvalue weighted by atomic mass is 35.5. The Labute approximate surface area is 228 Å². The second-order valence-corrected chi connectivity index (χ2v) is 10.1. The van der Waals surface area contributed by atoms with Gasteiger partial charge >= 0.3 is 0 Å². The first-order valence-electron chi connectivity index (χ1n) is 12.1. The normalized spacial score (nSPS) is 28.7. The molecular weight excluding hydrogens is 533 g/mol. The van der Waals surface area contributed by atoms with Gasteiger partial charge in [-0.1, -0.05) is 83.9 Å². The maximum absolute atomic E-state index is 13.9. The summed E-state index contributed by atoms with van der Waals surface area (Å²) in [6.45, 7) is 0. The molecule has 2 aliphatic rings. The van der Waals surface area contributed by atoms with E-state index < -0.39 is 47.9 Å². The maximum Gasteiger partial charge on any atom is 0.197 e. The monoisotopic (exact) mass is 554 g/mol. The number of halogens is 4. The van der Waals surface area contributed by atoms with Crippen LogP contribution in [0.25, 0.3) is 0 Å². The summed E-state index contributed by atoms with van der Waals surface area (Å²) in [5.41, 5.74) is 1.30. The van der Waals surface area contributed by atoms with Gasteiger partial charge in [-0.3, -0.25) is 0 Å². The van der Waals surface area contributed by atoms with Crippen LogP contribution in [0.3, 0.4) is 0 Å². The Balaban J connectivity index is 1.45. The van der Waals surface area contributed by atoms with Gasteiger partial charge in [-0.15, -0.1) is 0 Å². The molecule has 1 N–H and O–H groups in total. The Bertz CT molecular complexity index is 1450. The van der Waals surface area contributed by atoms with Crippen molar-refractivity contribution >= 4 is 23.2 Å². The summed E-state index contributed by atoms with van der Waals surface area (Å²) in [4.78, 5) is 0. The second-order valence-electron chi connectivity index (χ2n) is 9.33. The molecule has 194 valence electrons. The van der Waals surface area contributed by atoms with Crippen LogP contribution in [0, 0.1) is 11.6 Å². The van der Waals surface area contributed by atoms with Crippen molar-refractivity contribution in [2.75, 3.05) is 0 Å². The smallest absolute Gasteiger partial charge is 0.197 e. The molecule has 2 heterocycles. The van der Waals surface area contributed by atoms with E-state index in [0.29, 0.717) is 32.3 Å². The number of aliphatic hydroxyl groups excluding tert-OH is 1. The molecule has 4 aromatic rings. The molecule has 38 heavy (non-hydrogen) atoms. The summed E-state index contributed by atoms with van der Waals surface area (Å²) >= 11 is 13.1. The van der Waals surface area contributed by atoms with Crippen LogP contribution in [-0.2, 0) is 19.8 Å². The van der Waals surface area contributed by atoms with E-state index in [1.165, 1.54) is 24.3 Å². The SMILES string of the molecule is OC1OC(C2(c3ccc(F)cc3)OC2c2ccccc2Cl)OC(c2ccccc2Cl)C1c1ccc(F)cc1. The fraction of sp³-hybridized carbons (Fsp3) is 0.200. The summed E-state index contributed by atoms with van der Waals surface area (Å²) in [6, 6.07) is 26.0. The van der Waals surface area contributed by atoms with E-state index in [1.54, 1.807) is 42.5 Å². The van der Waals surface area contributed by atoms with Crippen LogP contribution in [0.15, 0.2) is 97.1 Å². The highest BCUT2D eigenvalue weighted by Gasteiger charge is 2.67. The van der Waals surface area contributed by atoms with Crippen molar-refractivity contribution in [3.8, 4) is 0 Å². The third-order valence-electron chi connectivity index (χ3n) is 7.11. The second kappa shape index (κ2) is 10.0. The van der Waals surface area contributed by atoms with Crippen molar-refractivity contribution < 1.29 is 28.1 Å². The molecule has 6 atom stereocenters. The summed E-state index contributed by atoms with van der Waals surface area (Å²) in [5.74, 6) is -1.54. The number of hydrogen-bond acceptors (Lipinski definition) is 4. The molecule has 4 aromatic carbocycles. The van der Waals surface area contributed by atoms with Crippen molar-refractivity contribution in [3.05, 3.63) is 141 Å². The first-order valence-corrected chi connectivity index (χ1v) is 12.8. The molecule has 4 nitrogen and oxygen atoms in total. The zero-order valence-electron chi connectivity index (χ0n) is 19.8. The Morgan fingerprint density at radius 2 is 1.24 bits per heavy atom. The molecule has 2 saturated heterocycles. The van der Waals surface area contributed by atoms with Crippen LogP contribution < -0.4 is 0 Å². The van der Waals surface area contributed by atoms with Crippen LogP contribution in [0.5, 0.6) is 0 Å². The van der Waals surface area contributed by atoms with Gasteiger partial charge in [-0.05, 0) is 47.5 Å². The molecule has 0 spiro atoms. The quantitative estimate of drug-likeness (QED) is 0.260. The van der Waals surface area contributed by atoms with Crippen LogP contribution >= 0.6 is 23.2 Å². The van der Waals surface area contributed by atoms with Crippen molar-refractivity contribution in [3.63, 3.8) is 0 Å². The molecule has 0 aliphatic carbocycles. The minimum absolute atomic E-state index is 0.405. The van der Waals surface area contributed by atoms with Gasteiger partial charge < -0.3 is 19.3 Å². The van der Waals surface area contributed by atoms with Gasteiger partial charge in [-0.25, -0.2) is 8.78 Å². The van der Waals surface area contributed by atoms with E-state index in [9.17, 15) is 13.9 Å². The number of rotatable bonds is 5. The van der Waals surface area contributed by atoms with Gasteiger partial charge in [0.2, 0.25) is 0 Å². The molecule has 6 unspecified atom stereocenters. The van der Waals surface area contributed by atoms with Crippen molar-refractivity contribution in [1.29, 1.82) is 0 Å². The number of hydrogen-bond donors (Lipinski definition) is 1. The predicted octanol–water partition coefficient (Wildman–Crippen LogP) is 7.45. The largest absolute Gasteiger partial charge is 0.367 e. The fourth-order valence-electron chi connectivity index (χ4n) is 5.20. The number of ether oxygens (including phenoxy) is 3. The van der Waals surface area contributed by atoms with E-state index in [1.807, 2.05) is 30.3 Å². The minimum atomic E-state index is -1.37. The average molecular weight is 555 g/mol. The highest BCUT2D eigenvalue weighted by molar-refractivity contribution is 6.31. The molecule has 8 heteroatoms. The molecule has 0 aromatic heterocycles.